The third-order valence-electron chi connectivity index (χ3n) is 4.42. The van der Waals surface area contributed by atoms with Crippen molar-refractivity contribution in [1.29, 1.82) is 0 Å². The molecule has 0 fully saturated rings. The molecule has 0 saturated carbocycles. The Morgan fingerprint density at radius 2 is 2.00 bits per heavy atom. The fourth-order valence-electron chi connectivity index (χ4n) is 2.99. The lowest BCUT2D eigenvalue weighted by atomic mass is 10.3. The average molecular weight is 479 g/mol. The van der Waals surface area contributed by atoms with E-state index in [2.05, 4.69) is 15.5 Å². The average Bonchev–Trinajstić information content (AvgIpc) is 3.19. The first kappa shape index (κ1) is 23.9. The van der Waals surface area contributed by atoms with Crippen LogP contribution in [-0.2, 0) is 11.3 Å². The van der Waals surface area contributed by atoms with Crippen molar-refractivity contribution < 1.29 is 18.7 Å². The van der Waals surface area contributed by atoms with Gasteiger partial charge in [0.1, 0.15) is 17.3 Å². The minimum absolute atomic E-state index is 0.150. The number of benzene rings is 2. The van der Waals surface area contributed by atoms with Gasteiger partial charge in [-0.15, -0.1) is 10.2 Å². The van der Waals surface area contributed by atoms with Gasteiger partial charge < -0.3 is 19.4 Å². The number of nitrogens with zero attached hydrogens (tertiary/aromatic N) is 3. The van der Waals surface area contributed by atoms with E-state index in [4.69, 9.17) is 21.1 Å². The minimum atomic E-state index is -0.480. The number of hydrogen-bond donors (Lipinski definition) is 1. The molecule has 1 heterocycles. The number of rotatable bonds is 10. The summed E-state index contributed by atoms with van der Waals surface area (Å²) in [6.07, 6.45) is -0.480. The molecule has 0 bridgehead atoms. The second-order valence-electron chi connectivity index (χ2n) is 6.69. The third kappa shape index (κ3) is 5.92. The summed E-state index contributed by atoms with van der Waals surface area (Å²) >= 11 is 7.33. The number of carbonyl (C=O) groups excluding carboxylic acids is 1. The monoisotopic (exact) mass is 478 g/mol. The Kier molecular flexibility index (Phi) is 8.35. The molecule has 0 aliphatic carbocycles. The van der Waals surface area contributed by atoms with Crippen LogP contribution in [0.2, 0.25) is 5.02 Å². The summed E-state index contributed by atoms with van der Waals surface area (Å²) in [6, 6.07) is 11.2. The third-order valence-corrected chi connectivity index (χ3v) is 5.68. The lowest BCUT2D eigenvalue weighted by Gasteiger charge is -2.16. The summed E-state index contributed by atoms with van der Waals surface area (Å²) in [5.41, 5.74) is 0.621. The predicted octanol–water partition coefficient (Wildman–Crippen LogP) is 5.36. The van der Waals surface area contributed by atoms with Crippen LogP contribution < -0.4 is 14.8 Å². The molecule has 1 N–H and O–H groups in total. The molecule has 0 aliphatic heterocycles. The van der Waals surface area contributed by atoms with Crippen molar-refractivity contribution in [2.45, 2.75) is 38.6 Å². The van der Waals surface area contributed by atoms with E-state index in [0.717, 1.165) is 0 Å². The molecule has 0 radical (unpaired) electrons. The van der Waals surface area contributed by atoms with Crippen LogP contribution in [0.25, 0.3) is 0 Å². The normalized spacial score (nSPS) is 11.8. The van der Waals surface area contributed by atoms with E-state index in [1.165, 1.54) is 30.0 Å². The summed E-state index contributed by atoms with van der Waals surface area (Å²) in [5, 5.41) is 12.1. The van der Waals surface area contributed by atoms with Crippen molar-refractivity contribution in [1.82, 2.24) is 14.8 Å². The molecule has 0 aliphatic rings. The highest BCUT2D eigenvalue weighted by Crippen LogP contribution is 2.30. The number of thioether (sulfide) groups is 1. The maximum Gasteiger partial charge on any atom is 0.234 e. The standard InChI is InChI=1S/C22H24ClFN4O3S/c1-4-28-21(14(3)31-18-11-10-15(24)12-16(18)23)26-27-22(28)32-13-20(29)25-17-8-6-7-9-19(17)30-5-2/h6-12,14H,4-5,13H2,1-3H3,(H,25,29). The molecule has 0 spiro atoms. The number of amides is 1. The van der Waals surface area contributed by atoms with E-state index >= 15 is 0 Å². The maximum atomic E-state index is 13.3. The predicted molar refractivity (Wildman–Crippen MR) is 123 cm³/mol. The molecule has 170 valence electrons. The van der Waals surface area contributed by atoms with Crippen LogP contribution in [0.5, 0.6) is 11.5 Å². The number of hydrogen-bond acceptors (Lipinski definition) is 6. The molecular weight excluding hydrogens is 455 g/mol. The Morgan fingerprint density at radius 1 is 1.22 bits per heavy atom. The Hall–Kier alpha value is -2.78. The molecular formula is C22H24ClFN4O3S. The van der Waals surface area contributed by atoms with Gasteiger partial charge in [-0.05, 0) is 51.1 Å². The second kappa shape index (κ2) is 11.2. The van der Waals surface area contributed by atoms with Gasteiger partial charge >= 0.3 is 0 Å². The summed E-state index contributed by atoms with van der Waals surface area (Å²) < 4.78 is 26.5. The molecule has 1 aromatic heterocycles. The summed E-state index contributed by atoms with van der Waals surface area (Å²) in [4.78, 5) is 12.5. The number of aromatic nitrogens is 3. The van der Waals surface area contributed by atoms with Gasteiger partial charge in [0.15, 0.2) is 17.1 Å². The largest absolute Gasteiger partial charge is 0.492 e. The van der Waals surface area contributed by atoms with Crippen molar-refractivity contribution in [3.8, 4) is 11.5 Å². The van der Waals surface area contributed by atoms with Crippen molar-refractivity contribution in [2.75, 3.05) is 17.7 Å². The first-order chi connectivity index (χ1) is 15.4. The smallest absolute Gasteiger partial charge is 0.234 e. The highest BCUT2D eigenvalue weighted by atomic mass is 35.5. The number of ether oxygens (including phenoxy) is 2. The Bertz CT molecular complexity index is 1080. The topological polar surface area (TPSA) is 78.3 Å². The van der Waals surface area contributed by atoms with Gasteiger partial charge in [-0.2, -0.15) is 0 Å². The molecule has 7 nitrogen and oxygen atoms in total. The van der Waals surface area contributed by atoms with E-state index in [1.807, 2.05) is 37.5 Å². The van der Waals surface area contributed by atoms with Crippen LogP contribution in [0.1, 0.15) is 32.7 Å². The lowest BCUT2D eigenvalue weighted by Crippen LogP contribution is -2.16. The van der Waals surface area contributed by atoms with Crippen LogP contribution in [0.3, 0.4) is 0 Å². The summed E-state index contributed by atoms with van der Waals surface area (Å²) in [7, 11) is 0. The van der Waals surface area contributed by atoms with Crippen LogP contribution >= 0.6 is 23.4 Å². The van der Waals surface area contributed by atoms with Gasteiger partial charge in [0.25, 0.3) is 0 Å². The van der Waals surface area contributed by atoms with Gasteiger partial charge in [0, 0.05) is 6.54 Å². The molecule has 32 heavy (non-hydrogen) atoms. The highest BCUT2D eigenvalue weighted by molar-refractivity contribution is 7.99. The van der Waals surface area contributed by atoms with Gasteiger partial charge in [0.05, 0.1) is 23.1 Å². The quantitative estimate of drug-likeness (QED) is 0.395. The summed E-state index contributed by atoms with van der Waals surface area (Å²) in [6.45, 7) is 6.74. The van der Waals surface area contributed by atoms with E-state index in [9.17, 15) is 9.18 Å². The number of carbonyl (C=O) groups is 1. The van der Waals surface area contributed by atoms with Crippen molar-refractivity contribution in [3.63, 3.8) is 0 Å². The van der Waals surface area contributed by atoms with E-state index in [0.29, 0.717) is 41.3 Å². The molecule has 1 atom stereocenters. The molecule has 1 unspecified atom stereocenters. The summed E-state index contributed by atoms with van der Waals surface area (Å²) in [5.74, 6) is 1.09. The maximum absolute atomic E-state index is 13.3. The SMILES string of the molecule is CCOc1ccccc1NC(=O)CSc1nnc(C(C)Oc2ccc(F)cc2Cl)n1CC. The minimum Gasteiger partial charge on any atom is -0.492 e. The second-order valence-corrected chi connectivity index (χ2v) is 8.04. The number of halogens is 2. The molecule has 3 rings (SSSR count). The van der Waals surface area contributed by atoms with Crippen LogP contribution in [-0.4, -0.2) is 33.0 Å². The fraction of sp³-hybridized carbons (Fsp3) is 0.318. The van der Waals surface area contributed by atoms with Crippen LogP contribution in [0.4, 0.5) is 10.1 Å². The molecule has 0 saturated heterocycles. The van der Waals surface area contributed by atoms with E-state index < -0.39 is 11.9 Å². The Morgan fingerprint density at radius 3 is 2.72 bits per heavy atom. The lowest BCUT2D eigenvalue weighted by molar-refractivity contribution is -0.113. The number of para-hydroxylation sites is 2. The van der Waals surface area contributed by atoms with Gasteiger partial charge in [0.2, 0.25) is 5.91 Å². The van der Waals surface area contributed by atoms with Gasteiger partial charge in [-0.1, -0.05) is 35.5 Å². The Labute approximate surface area is 195 Å². The van der Waals surface area contributed by atoms with Crippen molar-refractivity contribution in [3.05, 3.63) is 59.1 Å². The fourth-order valence-corrected chi connectivity index (χ4v) is 4.01. The zero-order chi connectivity index (χ0) is 23.1. The highest BCUT2D eigenvalue weighted by Gasteiger charge is 2.20. The van der Waals surface area contributed by atoms with Crippen LogP contribution in [0.15, 0.2) is 47.6 Å². The van der Waals surface area contributed by atoms with E-state index in [-0.39, 0.29) is 16.7 Å². The zero-order valence-corrected chi connectivity index (χ0v) is 19.5. The van der Waals surface area contributed by atoms with Crippen molar-refractivity contribution in [2.24, 2.45) is 0 Å². The molecule has 3 aromatic rings. The van der Waals surface area contributed by atoms with Gasteiger partial charge in [-0.3, -0.25) is 4.79 Å². The molecule has 2 aromatic carbocycles. The first-order valence-electron chi connectivity index (χ1n) is 10.1. The van der Waals surface area contributed by atoms with Gasteiger partial charge in [-0.25, -0.2) is 4.39 Å². The first-order valence-corrected chi connectivity index (χ1v) is 11.5. The number of nitrogens with one attached hydrogen (secondary N) is 1. The van der Waals surface area contributed by atoms with E-state index in [1.54, 1.807) is 12.1 Å². The van der Waals surface area contributed by atoms with Crippen molar-refractivity contribution >= 4 is 35.0 Å². The van der Waals surface area contributed by atoms with Crippen LogP contribution in [0, 0.1) is 5.82 Å². The number of anilines is 1. The Balaban J connectivity index is 1.65. The molecule has 1 amide bonds. The molecule has 10 heteroatoms. The zero-order valence-electron chi connectivity index (χ0n) is 18.0.